The van der Waals surface area contributed by atoms with Crippen molar-refractivity contribution in [2.75, 3.05) is 0 Å². The minimum atomic E-state index is -0.272. The van der Waals surface area contributed by atoms with Gasteiger partial charge in [0.15, 0.2) is 11.5 Å². The van der Waals surface area contributed by atoms with Gasteiger partial charge < -0.3 is 4.42 Å². The molecule has 0 amide bonds. The molecule has 0 radical (unpaired) electrons. The number of hydrogen-bond acceptors (Lipinski definition) is 3. The van der Waals surface area contributed by atoms with Gasteiger partial charge in [-0.2, -0.15) is 0 Å². The van der Waals surface area contributed by atoms with Gasteiger partial charge in [0.1, 0.15) is 11.3 Å². The van der Waals surface area contributed by atoms with Gasteiger partial charge >= 0.3 is 0 Å². The molecule has 1 heterocycles. The molecule has 2 aromatic rings. The van der Waals surface area contributed by atoms with Crippen LogP contribution in [0.1, 0.15) is 43.0 Å². The van der Waals surface area contributed by atoms with Crippen LogP contribution in [0, 0.1) is 0 Å². The van der Waals surface area contributed by atoms with E-state index in [4.69, 9.17) is 4.42 Å². The lowest BCUT2D eigenvalue weighted by Gasteiger charge is -2.04. The van der Waals surface area contributed by atoms with Gasteiger partial charge in [0.25, 0.3) is 0 Å². The molecule has 0 aliphatic carbocycles. The Balaban J connectivity index is 2.30. The number of benzene rings is 1. The summed E-state index contributed by atoms with van der Waals surface area (Å²) in [5, 5.41) is 0. The average Bonchev–Trinajstić information content (AvgIpc) is 2.76. The predicted octanol–water partition coefficient (Wildman–Crippen LogP) is 4.20. The number of Topliss-reactive ketones (excluding diaryl/α,β-unsaturated/α-hetero) is 1. The lowest BCUT2D eigenvalue weighted by atomic mass is 10.1. The van der Waals surface area contributed by atoms with Gasteiger partial charge in [-0.15, -0.1) is 0 Å². The van der Waals surface area contributed by atoms with E-state index in [0.29, 0.717) is 0 Å². The van der Waals surface area contributed by atoms with Crippen molar-refractivity contribution >= 4 is 32.8 Å². The molecule has 0 N–H and O–H groups in total. The van der Waals surface area contributed by atoms with Gasteiger partial charge in [0.2, 0.25) is 0 Å². The number of fused-ring (bicyclic) bond motifs is 1. The van der Waals surface area contributed by atoms with Crippen LogP contribution in [0.3, 0.4) is 0 Å². The molecule has 18 heavy (non-hydrogen) atoms. The van der Waals surface area contributed by atoms with Crippen LogP contribution in [0.5, 0.6) is 0 Å². The minimum absolute atomic E-state index is 0.0834. The van der Waals surface area contributed by atoms with Crippen molar-refractivity contribution in [3.8, 4) is 0 Å². The summed E-state index contributed by atoms with van der Waals surface area (Å²) in [5.41, 5.74) is 2.52. The zero-order chi connectivity index (χ0) is 13.1. The molecule has 0 saturated heterocycles. The van der Waals surface area contributed by atoms with Crippen molar-refractivity contribution in [1.29, 1.82) is 0 Å². The van der Waals surface area contributed by atoms with E-state index in [9.17, 15) is 4.79 Å². The number of hydrogen-bond donors (Lipinski definition) is 0. The van der Waals surface area contributed by atoms with E-state index in [2.05, 4.69) is 27.8 Å². The fourth-order valence-electron chi connectivity index (χ4n) is 1.82. The Morgan fingerprint density at radius 2 is 2.28 bits per heavy atom. The number of alkyl halides is 1. The number of aryl methyl sites for hydroxylation is 1. The van der Waals surface area contributed by atoms with Crippen LogP contribution < -0.4 is 0 Å². The third-order valence-corrected chi connectivity index (χ3v) is 4.02. The Morgan fingerprint density at radius 1 is 1.50 bits per heavy atom. The second-order valence-corrected chi connectivity index (χ2v) is 5.33. The Labute approximate surface area is 115 Å². The fourth-order valence-corrected chi connectivity index (χ4v) is 2.10. The maximum absolute atomic E-state index is 11.3. The van der Waals surface area contributed by atoms with Crippen LogP contribution in [-0.2, 0) is 11.2 Å². The molecule has 0 aliphatic heterocycles. The summed E-state index contributed by atoms with van der Waals surface area (Å²) in [6, 6.07) is 5.70. The third kappa shape index (κ3) is 2.80. The topological polar surface area (TPSA) is 43.1 Å². The van der Waals surface area contributed by atoms with Crippen LogP contribution >= 0.6 is 15.9 Å². The molecule has 1 aromatic heterocycles. The number of carbonyl (C=O) groups excluding carboxylic acids is 1. The van der Waals surface area contributed by atoms with Gasteiger partial charge in [-0.1, -0.05) is 35.3 Å². The van der Waals surface area contributed by atoms with Crippen LogP contribution in [0.4, 0.5) is 0 Å². The molecule has 0 aliphatic rings. The molecule has 4 heteroatoms. The molecule has 0 saturated carbocycles. The van der Waals surface area contributed by atoms with Gasteiger partial charge in [0.05, 0.1) is 4.83 Å². The van der Waals surface area contributed by atoms with E-state index >= 15 is 0 Å². The van der Waals surface area contributed by atoms with Crippen LogP contribution in [-0.4, -0.2) is 10.8 Å². The molecule has 2 rings (SSSR count). The standard InChI is InChI=1S/C14H16BrNO2/c1-3-4-5-13-16-11-7-6-10(8-12(11)18-13)14(15)9(2)17/h6-8,14H,3-5H2,1-2H3/t14-/m1/s1. The number of rotatable bonds is 5. The molecule has 0 unspecified atom stereocenters. The maximum Gasteiger partial charge on any atom is 0.195 e. The highest BCUT2D eigenvalue weighted by atomic mass is 79.9. The number of unbranched alkanes of at least 4 members (excludes halogenated alkanes) is 1. The van der Waals surface area contributed by atoms with Crippen molar-refractivity contribution in [3.63, 3.8) is 0 Å². The van der Waals surface area contributed by atoms with E-state index in [1.54, 1.807) is 6.92 Å². The molecule has 1 atom stereocenters. The Kier molecular flexibility index (Phi) is 4.17. The van der Waals surface area contributed by atoms with Crippen molar-refractivity contribution in [2.45, 2.75) is 37.9 Å². The number of halogens is 1. The van der Waals surface area contributed by atoms with Gasteiger partial charge in [-0.3, -0.25) is 4.79 Å². The highest BCUT2D eigenvalue weighted by Crippen LogP contribution is 2.27. The van der Waals surface area contributed by atoms with Crippen molar-refractivity contribution in [1.82, 2.24) is 4.98 Å². The molecule has 0 bridgehead atoms. The zero-order valence-electron chi connectivity index (χ0n) is 10.6. The predicted molar refractivity (Wildman–Crippen MR) is 75.0 cm³/mol. The summed E-state index contributed by atoms with van der Waals surface area (Å²) in [5.74, 6) is 0.859. The smallest absolute Gasteiger partial charge is 0.195 e. The highest BCUT2D eigenvalue weighted by Gasteiger charge is 2.14. The highest BCUT2D eigenvalue weighted by molar-refractivity contribution is 9.09. The lowest BCUT2D eigenvalue weighted by Crippen LogP contribution is -2.00. The summed E-state index contributed by atoms with van der Waals surface area (Å²) in [7, 11) is 0. The lowest BCUT2D eigenvalue weighted by molar-refractivity contribution is -0.116. The second kappa shape index (κ2) is 5.65. The van der Waals surface area contributed by atoms with E-state index in [1.807, 2.05) is 18.2 Å². The number of oxazole rings is 1. The first-order valence-electron chi connectivity index (χ1n) is 6.15. The number of aromatic nitrogens is 1. The summed E-state index contributed by atoms with van der Waals surface area (Å²) in [6.45, 7) is 3.71. The molecule has 0 spiro atoms. The molecule has 0 fully saturated rings. The van der Waals surface area contributed by atoms with Crippen molar-refractivity contribution < 1.29 is 9.21 Å². The van der Waals surface area contributed by atoms with Gasteiger partial charge in [-0.05, 0) is 31.0 Å². The number of ketones is 1. The Hall–Kier alpha value is -1.16. The minimum Gasteiger partial charge on any atom is -0.441 e. The first kappa shape index (κ1) is 13.3. The second-order valence-electron chi connectivity index (χ2n) is 4.41. The van der Waals surface area contributed by atoms with Crippen LogP contribution in [0.25, 0.3) is 11.1 Å². The summed E-state index contributed by atoms with van der Waals surface area (Å²) in [4.78, 5) is 15.5. The van der Waals surface area contributed by atoms with Crippen LogP contribution in [0.15, 0.2) is 22.6 Å². The first-order valence-corrected chi connectivity index (χ1v) is 7.07. The molecular formula is C14H16BrNO2. The molecule has 3 nitrogen and oxygen atoms in total. The first-order chi connectivity index (χ1) is 8.61. The largest absolute Gasteiger partial charge is 0.441 e. The number of nitrogens with zero attached hydrogens (tertiary/aromatic N) is 1. The molecule has 1 aromatic carbocycles. The maximum atomic E-state index is 11.3. The molecular weight excluding hydrogens is 294 g/mol. The SMILES string of the molecule is CCCCc1nc2ccc([C@H](Br)C(C)=O)cc2o1. The van der Waals surface area contributed by atoms with Crippen LogP contribution in [0.2, 0.25) is 0 Å². The fraction of sp³-hybridized carbons (Fsp3) is 0.429. The molecule has 96 valence electrons. The van der Waals surface area contributed by atoms with Crippen molar-refractivity contribution in [2.24, 2.45) is 0 Å². The Bertz CT molecular complexity index is 562. The third-order valence-electron chi connectivity index (χ3n) is 2.85. The van der Waals surface area contributed by atoms with E-state index in [0.717, 1.165) is 41.8 Å². The monoisotopic (exact) mass is 309 g/mol. The summed E-state index contributed by atoms with van der Waals surface area (Å²) < 4.78 is 5.70. The average molecular weight is 310 g/mol. The normalized spacial score (nSPS) is 12.8. The van der Waals surface area contributed by atoms with E-state index < -0.39 is 0 Å². The Morgan fingerprint density at radius 3 is 2.94 bits per heavy atom. The quantitative estimate of drug-likeness (QED) is 0.778. The van der Waals surface area contributed by atoms with E-state index in [1.165, 1.54) is 0 Å². The van der Waals surface area contributed by atoms with Crippen molar-refractivity contribution in [3.05, 3.63) is 29.7 Å². The summed E-state index contributed by atoms with van der Waals surface area (Å²) >= 11 is 3.37. The van der Waals surface area contributed by atoms with Gasteiger partial charge in [0, 0.05) is 6.42 Å². The van der Waals surface area contributed by atoms with E-state index in [-0.39, 0.29) is 10.6 Å². The summed E-state index contributed by atoms with van der Waals surface area (Å²) in [6.07, 6.45) is 3.07. The number of carbonyl (C=O) groups is 1. The zero-order valence-corrected chi connectivity index (χ0v) is 12.2. The van der Waals surface area contributed by atoms with Gasteiger partial charge in [-0.25, -0.2) is 4.98 Å².